The fourth-order valence-electron chi connectivity index (χ4n) is 1.12. The van der Waals surface area contributed by atoms with Crippen LogP contribution in [0.5, 0.6) is 5.75 Å². The van der Waals surface area contributed by atoms with Crippen LogP contribution in [-0.2, 0) is 0 Å². The summed E-state index contributed by atoms with van der Waals surface area (Å²) in [7, 11) is 0. The highest BCUT2D eigenvalue weighted by Gasteiger charge is 2.02. The van der Waals surface area contributed by atoms with Crippen molar-refractivity contribution in [2.75, 3.05) is 0 Å². The van der Waals surface area contributed by atoms with E-state index in [-0.39, 0.29) is 12.1 Å². The SMILES string of the molecule is CC(C)Oc1ccc(Br)c(C=NN=C(N)N)c1. The van der Waals surface area contributed by atoms with Gasteiger partial charge in [0.15, 0.2) is 0 Å². The summed E-state index contributed by atoms with van der Waals surface area (Å²) in [4.78, 5) is 0. The van der Waals surface area contributed by atoms with Gasteiger partial charge in [-0.25, -0.2) is 0 Å². The summed E-state index contributed by atoms with van der Waals surface area (Å²) in [6.07, 6.45) is 1.68. The minimum Gasteiger partial charge on any atom is -0.491 e. The van der Waals surface area contributed by atoms with Crippen molar-refractivity contribution >= 4 is 28.1 Å². The van der Waals surface area contributed by atoms with Crippen LogP contribution in [0, 0.1) is 0 Å². The molecule has 1 aromatic rings. The van der Waals surface area contributed by atoms with Crippen molar-refractivity contribution in [3.63, 3.8) is 0 Å². The topological polar surface area (TPSA) is 86.0 Å². The van der Waals surface area contributed by atoms with E-state index in [1.165, 1.54) is 0 Å². The second-order valence-electron chi connectivity index (χ2n) is 3.62. The van der Waals surface area contributed by atoms with Gasteiger partial charge in [0.2, 0.25) is 5.96 Å². The van der Waals surface area contributed by atoms with E-state index in [1.807, 2.05) is 32.0 Å². The van der Waals surface area contributed by atoms with E-state index in [2.05, 4.69) is 26.1 Å². The molecule has 1 aromatic carbocycles. The molecule has 0 saturated heterocycles. The molecule has 17 heavy (non-hydrogen) atoms. The zero-order valence-corrected chi connectivity index (χ0v) is 11.3. The average Bonchev–Trinajstić information content (AvgIpc) is 2.21. The summed E-state index contributed by atoms with van der Waals surface area (Å²) < 4.78 is 6.46. The Morgan fingerprint density at radius 2 is 2.12 bits per heavy atom. The average molecular weight is 299 g/mol. The highest BCUT2D eigenvalue weighted by molar-refractivity contribution is 9.10. The van der Waals surface area contributed by atoms with Gasteiger partial charge in [0.25, 0.3) is 0 Å². The Kier molecular flexibility index (Phi) is 4.96. The molecule has 0 aliphatic rings. The zero-order chi connectivity index (χ0) is 12.8. The summed E-state index contributed by atoms with van der Waals surface area (Å²) >= 11 is 3.41. The van der Waals surface area contributed by atoms with Gasteiger partial charge in [0.05, 0.1) is 12.3 Å². The van der Waals surface area contributed by atoms with Crippen LogP contribution in [0.15, 0.2) is 32.9 Å². The maximum atomic E-state index is 5.57. The van der Waals surface area contributed by atoms with Gasteiger partial charge in [-0.1, -0.05) is 15.9 Å². The van der Waals surface area contributed by atoms with E-state index in [1.54, 1.807) is 6.21 Å². The first-order valence-corrected chi connectivity index (χ1v) is 5.86. The summed E-state index contributed by atoms with van der Waals surface area (Å²) in [6.45, 7) is 3.93. The second-order valence-corrected chi connectivity index (χ2v) is 4.47. The number of nitrogens with zero attached hydrogens (tertiary/aromatic N) is 2. The molecule has 0 heterocycles. The van der Waals surface area contributed by atoms with E-state index < -0.39 is 0 Å². The molecule has 92 valence electrons. The molecule has 4 N–H and O–H groups in total. The molecule has 0 bridgehead atoms. The number of rotatable bonds is 4. The van der Waals surface area contributed by atoms with Crippen LogP contribution in [0.1, 0.15) is 19.4 Å². The fraction of sp³-hybridized carbons (Fsp3) is 0.273. The summed E-state index contributed by atoms with van der Waals surface area (Å²) in [5, 5.41) is 7.28. The van der Waals surface area contributed by atoms with Crippen molar-refractivity contribution in [3.05, 3.63) is 28.2 Å². The van der Waals surface area contributed by atoms with Crippen molar-refractivity contribution < 1.29 is 4.74 Å². The van der Waals surface area contributed by atoms with Crippen molar-refractivity contribution in [3.8, 4) is 5.75 Å². The predicted octanol–water partition coefficient (Wildman–Crippen LogP) is 1.84. The molecular weight excluding hydrogens is 284 g/mol. The minimum atomic E-state index is -0.0769. The van der Waals surface area contributed by atoms with E-state index in [0.717, 1.165) is 15.8 Å². The Bertz CT molecular complexity index is 439. The molecule has 6 heteroatoms. The molecular formula is C11H15BrN4O. The number of nitrogens with two attached hydrogens (primary N) is 2. The van der Waals surface area contributed by atoms with E-state index in [0.29, 0.717) is 0 Å². The predicted molar refractivity (Wildman–Crippen MR) is 73.3 cm³/mol. The third-order valence-corrected chi connectivity index (χ3v) is 2.43. The van der Waals surface area contributed by atoms with Crippen LogP contribution >= 0.6 is 15.9 Å². The molecule has 0 spiro atoms. The largest absolute Gasteiger partial charge is 0.491 e. The van der Waals surface area contributed by atoms with Crippen LogP contribution in [0.4, 0.5) is 0 Å². The maximum absolute atomic E-state index is 5.57. The number of hydrogen-bond acceptors (Lipinski definition) is 3. The van der Waals surface area contributed by atoms with Crippen molar-refractivity contribution in [2.45, 2.75) is 20.0 Å². The lowest BCUT2D eigenvalue weighted by Crippen LogP contribution is -2.21. The van der Waals surface area contributed by atoms with Gasteiger partial charge in [0, 0.05) is 10.0 Å². The van der Waals surface area contributed by atoms with Gasteiger partial charge in [-0.3, -0.25) is 0 Å². The molecule has 0 aliphatic carbocycles. The van der Waals surface area contributed by atoms with Crippen LogP contribution < -0.4 is 16.2 Å². The van der Waals surface area contributed by atoms with Gasteiger partial charge in [-0.05, 0) is 32.0 Å². The normalized spacial score (nSPS) is 10.8. The fourth-order valence-corrected chi connectivity index (χ4v) is 1.47. The van der Waals surface area contributed by atoms with Gasteiger partial charge in [-0.2, -0.15) is 5.10 Å². The Labute approximate surface area is 109 Å². The molecule has 1 rings (SSSR count). The Balaban J connectivity index is 2.90. The van der Waals surface area contributed by atoms with Crippen LogP contribution in [0.2, 0.25) is 0 Å². The van der Waals surface area contributed by atoms with Gasteiger partial charge in [-0.15, -0.1) is 5.10 Å². The van der Waals surface area contributed by atoms with Crippen LogP contribution in [0.3, 0.4) is 0 Å². The Hall–Kier alpha value is -1.56. The molecule has 0 radical (unpaired) electrons. The van der Waals surface area contributed by atoms with Crippen molar-refractivity contribution in [1.82, 2.24) is 0 Å². The highest BCUT2D eigenvalue weighted by Crippen LogP contribution is 2.22. The molecule has 0 fully saturated rings. The number of guanidine groups is 1. The smallest absolute Gasteiger partial charge is 0.211 e. The van der Waals surface area contributed by atoms with E-state index in [4.69, 9.17) is 16.2 Å². The van der Waals surface area contributed by atoms with Gasteiger partial charge >= 0.3 is 0 Å². The molecule has 5 nitrogen and oxygen atoms in total. The molecule has 0 aromatic heterocycles. The van der Waals surface area contributed by atoms with Crippen LogP contribution in [-0.4, -0.2) is 18.3 Å². The third-order valence-electron chi connectivity index (χ3n) is 1.71. The first kappa shape index (κ1) is 13.5. The summed E-state index contributed by atoms with van der Waals surface area (Å²) in [5.74, 6) is 0.696. The second kappa shape index (κ2) is 6.24. The molecule has 0 amide bonds. The number of halogens is 1. The number of hydrogen-bond donors (Lipinski definition) is 2. The molecule has 0 atom stereocenters. The zero-order valence-electron chi connectivity index (χ0n) is 9.72. The lowest BCUT2D eigenvalue weighted by molar-refractivity contribution is 0.242. The van der Waals surface area contributed by atoms with Gasteiger partial charge < -0.3 is 16.2 Å². The van der Waals surface area contributed by atoms with E-state index in [9.17, 15) is 0 Å². The molecule has 0 aliphatic heterocycles. The maximum Gasteiger partial charge on any atom is 0.211 e. The highest BCUT2D eigenvalue weighted by atomic mass is 79.9. The number of benzene rings is 1. The Morgan fingerprint density at radius 1 is 1.41 bits per heavy atom. The number of ether oxygens (including phenoxy) is 1. The van der Waals surface area contributed by atoms with Crippen LogP contribution in [0.25, 0.3) is 0 Å². The lowest BCUT2D eigenvalue weighted by atomic mass is 10.2. The minimum absolute atomic E-state index is 0.0769. The third kappa shape index (κ3) is 4.86. The Morgan fingerprint density at radius 3 is 2.71 bits per heavy atom. The first-order valence-electron chi connectivity index (χ1n) is 5.07. The lowest BCUT2D eigenvalue weighted by Gasteiger charge is -2.10. The summed E-state index contributed by atoms with van der Waals surface area (Å²) in [5.41, 5.74) is 11.2. The van der Waals surface area contributed by atoms with E-state index >= 15 is 0 Å². The van der Waals surface area contributed by atoms with Crippen molar-refractivity contribution in [2.24, 2.45) is 21.7 Å². The quantitative estimate of drug-likeness (QED) is 0.505. The summed E-state index contributed by atoms with van der Waals surface area (Å²) in [6, 6.07) is 5.62. The molecule has 0 saturated carbocycles. The monoisotopic (exact) mass is 298 g/mol. The standard InChI is InChI=1S/C11H15BrN4O/c1-7(2)17-9-3-4-10(12)8(5-9)6-15-16-11(13)14/h3-7H,1-2H3,(H4,13,14,16). The first-order chi connectivity index (χ1) is 7.99. The van der Waals surface area contributed by atoms with Crippen molar-refractivity contribution in [1.29, 1.82) is 0 Å². The molecule has 0 unspecified atom stereocenters. The van der Waals surface area contributed by atoms with Gasteiger partial charge in [0.1, 0.15) is 5.75 Å².